The average Bonchev–Trinajstić information content (AvgIpc) is 2.18. The van der Waals surface area contributed by atoms with Gasteiger partial charge in [-0.25, -0.2) is 0 Å². The van der Waals surface area contributed by atoms with E-state index in [2.05, 4.69) is 20.8 Å². The quantitative estimate of drug-likeness (QED) is 0.719. The van der Waals surface area contributed by atoms with Gasteiger partial charge in [-0.05, 0) is 26.8 Å². The van der Waals surface area contributed by atoms with Crippen LogP contribution in [0.2, 0.25) is 0 Å². The second kappa shape index (κ2) is 5.97. The number of ketones is 1. The third-order valence-electron chi connectivity index (χ3n) is 2.64. The minimum Gasteiger partial charge on any atom is -0.379 e. The van der Waals surface area contributed by atoms with Gasteiger partial charge < -0.3 is 4.74 Å². The first-order chi connectivity index (χ1) is 7.00. The Bertz CT molecular complexity index is 207. The van der Waals surface area contributed by atoms with Crippen LogP contribution >= 0.6 is 15.9 Å². The van der Waals surface area contributed by atoms with E-state index >= 15 is 0 Å². The van der Waals surface area contributed by atoms with Crippen molar-refractivity contribution in [1.29, 1.82) is 0 Å². The minimum absolute atomic E-state index is 0.288. The highest BCUT2D eigenvalue weighted by atomic mass is 79.9. The normalized spacial score (nSPS) is 19.1. The Morgan fingerprint density at radius 2 is 2.00 bits per heavy atom. The SMILES string of the molecule is CC(C)(Br)C(=O)CCCN1CCOCC1. The molecule has 0 saturated carbocycles. The minimum atomic E-state index is -0.363. The zero-order valence-corrected chi connectivity index (χ0v) is 11.2. The Kier molecular flexibility index (Phi) is 5.23. The molecule has 88 valence electrons. The number of halogens is 1. The van der Waals surface area contributed by atoms with Crippen molar-refractivity contribution >= 4 is 21.7 Å². The molecular formula is C11H20BrNO2. The van der Waals surface area contributed by atoms with E-state index in [1.165, 1.54) is 0 Å². The van der Waals surface area contributed by atoms with Gasteiger partial charge in [0, 0.05) is 19.5 Å². The molecule has 1 aliphatic heterocycles. The first-order valence-electron chi connectivity index (χ1n) is 5.52. The summed E-state index contributed by atoms with van der Waals surface area (Å²) >= 11 is 3.39. The second-order valence-electron chi connectivity index (χ2n) is 4.45. The number of morpholine rings is 1. The molecule has 0 aliphatic carbocycles. The summed E-state index contributed by atoms with van der Waals surface area (Å²) in [6, 6.07) is 0. The van der Waals surface area contributed by atoms with Crippen molar-refractivity contribution in [3.05, 3.63) is 0 Å². The molecule has 0 aromatic carbocycles. The van der Waals surface area contributed by atoms with Crippen molar-refractivity contribution in [3.63, 3.8) is 0 Å². The monoisotopic (exact) mass is 277 g/mol. The predicted molar refractivity (Wildman–Crippen MR) is 64.5 cm³/mol. The molecule has 0 spiro atoms. The highest BCUT2D eigenvalue weighted by Gasteiger charge is 2.22. The number of hydrogen-bond donors (Lipinski definition) is 0. The number of hydrogen-bond acceptors (Lipinski definition) is 3. The Hall–Kier alpha value is 0.0700. The van der Waals surface area contributed by atoms with Crippen molar-refractivity contribution in [1.82, 2.24) is 4.90 Å². The molecule has 3 nitrogen and oxygen atoms in total. The zero-order valence-electron chi connectivity index (χ0n) is 9.59. The standard InChI is InChI=1S/C11H20BrNO2/c1-11(2,12)10(14)4-3-5-13-6-8-15-9-7-13/h3-9H2,1-2H3. The fraction of sp³-hybridized carbons (Fsp3) is 0.909. The molecule has 1 aliphatic rings. The lowest BCUT2D eigenvalue weighted by molar-refractivity contribution is -0.120. The second-order valence-corrected chi connectivity index (χ2v) is 6.44. The molecule has 0 aromatic heterocycles. The summed E-state index contributed by atoms with van der Waals surface area (Å²) in [4.78, 5) is 14.0. The number of Topliss-reactive ketones (excluding diaryl/α,β-unsaturated/α-hetero) is 1. The van der Waals surface area contributed by atoms with Crippen LogP contribution in [0.15, 0.2) is 0 Å². The lowest BCUT2D eigenvalue weighted by Crippen LogP contribution is -2.37. The third-order valence-corrected chi connectivity index (χ3v) is 3.09. The van der Waals surface area contributed by atoms with Crippen LogP contribution in [-0.2, 0) is 9.53 Å². The Morgan fingerprint density at radius 1 is 1.40 bits per heavy atom. The molecule has 1 fully saturated rings. The number of alkyl halides is 1. The van der Waals surface area contributed by atoms with Crippen LogP contribution in [0.3, 0.4) is 0 Å². The van der Waals surface area contributed by atoms with E-state index < -0.39 is 0 Å². The van der Waals surface area contributed by atoms with E-state index in [9.17, 15) is 4.79 Å². The summed E-state index contributed by atoms with van der Waals surface area (Å²) in [5.74, 6) is 0.288. The summed E-state index contributed by atoms with van der Waals surface area (Å²) < 4.78 is 4.90. The number of carbonyl (C=O) groups excluding carboxylic acids is 1. The molecule has 0 unspecified atom stereocenters. The van der Waals surface area contributed by atoms with Crippen molar-refractivity contribution in [2.45, 2.75) is 31.0 Å². The van der Waals surface area contributed by atoms with Crippen molar-refractivity contribution in [3.8, 4) is 0 Å². The molecule has 0 N–H and O–H groups in total. The van der Waals surface area contributed by atoms with Gasteiger partial charge >= 0.3 is 0 Å². The van der Waals surface area contributed by atoms with Crippen LogP contribution in [-0.4, -0.2) is 47.9 Å². The lowest BCUT2D eigenvalue weighted by Gasteiger charge is -2.26. The zero-order chi connectivity index (χ0) is 11.3. The van der Waals surface area contributed by atoms with Crippen LogP contribution in [0.5, 0.6) is 0 Å². The fourth-order valence-electron chi connectivity index (χ4n) is 1.59. The van der Waals surface area contributed by atoms with Crippen molar-refractivity contribution in [2.24, 2.45) is 0 Å². The average molecular weight is 278 g/mol. The van der Waals surface area contributed by atoms with Crippen LogP contribution < -0.4 is 0 Å². The summed E-state index contributed by atoms with van der Waals surface area (Å²) in [6.07, 6.45) is 1.61. The van der Waals surface area contributed by atoms with Crippen LogP contribution in [0.4, 0.5) is 0 Å². The fourth-order valence-corrected chi connectivity index (χ4v) is 1.78. The van der Waals surface area contributed by atoms with Gasteiger partial charge in [0.25, 0.3) is 0 Å². The molecule has 4 heteroatoms. The van der Waals surface area contributed by atoms with Crippen LogP contribution in [0.1, 0.15) is 26.7 Å². The van der Waals surface area contributed by atoms with E-state index in [0.717, 1.165) is 39.3 Å². The third kappa shape index (κ3) is 5.09. The van der Waals surface area contributed by atoms with Crippen LogP contribution in [0.25, 0.3) is 0 Å². The molecule has 1 rings (SSSR count). The first-order valence-corrected chi connectivity index (χ1v) is 6.32. The van der Waals surface area contributed by atoms with Gasteiger partial charge in [-0.15, -0.1) is 0 Å². The molecular weight excluding hydrogens is 258 g/mol. The van der Waals surface area contributed by atoms with Gasteiger partial charge in [0.2, 0.25) is 0 Å². The van der Waals surface area contributed by atoms with E-state index in [-0.39, 0.29) is 10.1 Å². The number of carbonyl (C=O) groups is 1. The van der Waals surface area contributed by atoms with Gasteiger partial charge in [-0.1, -0.05) is 15.9 Å². The van der Waals surface area contributed by atoms with E-state index in [0.29, 0.717) is 6.42 Å². The molecule has 0 atom stereocenters. The van der Waals surface area contributed by atoms with E-state index in [1.807, 2.05) is 13.8 Å². The van der Waals surface area contributed by atoms with Crippen molar-refractivity contribution < 1.29 is 9.53 Å². The summed E-state index contributed by atoms with van der Waals surface area (Å²) in [7, 11) is 0. The van der Waals surface area contributed by atoms with E-state index in [4.69, 9.17) is 4.74 Å². The summed E-state index contributed by atoms with van der Waals surface area (Å²) in [5, 5.41) is 0. The largest absolute Gasteiger partial charge is 0.379 e. The number of nitrogens with zero attached hydrogens (tertiary/aromatic N) is 1. The topological polar surface area (TPSA) is 29.5 Å². The summed E-state index contributed by atoms with van der Waals surface area (Å²) in [5.41, 5.74) is 0. The predicted octanol–water partition coefficient (Wildman–Crippen LogP) is 1.84. The number of ether oxygens (including phenoxy) is 1. The molecule has 0 aromatic rings. The number of rotatable bonds is 5. The van der Waals surface area contributed by atoms with Crippen molar-refractivity contribution in [2.75, 3.05) is 32.8 Å². The molecule has 15 heavy (non-hydrogen) atoms. The Labute approximate surface area is 100 Å². The highest BCUT2D eigenvalue weighted by molar-refractivity contribution is 9.10. The van der Waals surface area contributed by atoms with Crippen LogP contribution in [0, 0.1) is 0 Å². The van der Waals surface area contributed by atoms with Gasteiger partial charge in [-0.3, -0.25) is 9.69 Å². The van der Waals surface area contributed by atoms with Gasteiger partial charge in [-0.2, -0.15) is 0 Å². The Morgan fingerprint density at radius 3 is 2.53 bits per heavy atom. The van der Waals surface area contributed by atoms with E-state index in [1.54, 1.807) is 0 Å². The highest BCUT2D eigenvalue weighted by Crippen LogP contribution is 2.19. The molecule has 0 amide bonds. The van der Waals surface area contributed by atoms with Gasteiger partial charge in [0.15, 0.2) is 0 Å². The lowest BCUT2D eigenvalue weighted by atomic mass is 10.0. The Balaban J connectivity index is 2.12. The summed E-state index contributed by atoms with van der Waals surface area (Å²) in [6.45, 7) is 8.50. The van der Waals surface area contributed by atoms with Gasteiger partial charge in [0.1, 0.15) is 5.78 Å². The maximum Gasteiger partial charge on any atom is 0.149 e. The molecule has 1 saturated heterocycles. The molecule has 1 heterocycles. The molecule has 0 radical (unpaired) electrons. The maximum absolute atomic E-state index is 11.6. The molecule has 0 bridgehead atoms. The van der Waals surface area contributed by atoms with Gasteiger partial charge in [0.05, 0.1) is 17.5 Å². The first kappa shape index (κ1) is 13.1. The maximum atomic E-state index is 11.6. The smallest absolute Gasteiger partial charge is 0.149 e.